The van der Waals surface area contributed by atoms with Crippen molar-refractivity contribution >= 4 is 5.91 Å². The first-order chi connectivity index (χ1) is 8.41. The second kappa shape index (κ2) is 4.72. The van der Waals surface area contributed by atoms with Crippen molar-refractivity contribution in [2.24, 2.45) is 0 Å². The van der Waals surface area contributed by atoms with Crippen molar-refractivity contribution in [1.82, 2.24) is 14.7 Å². The summed E-state index contributed by atoms with van der Waals surface area (Å²) in [4.78, 5) is 14.2. The maximum absolute atomic E-state index is 12.4. The average Bonchev–Trinajstić information content (AvgIpc) is 2.71. The highest BCUT2D eigenvalue weighted by Crippen LogP contribution is 2.19. The van der Waals surface area contributed by atoms with Crippen LogP contribution in [0.25, 0.3) is 0 Å². The number of carbonyl (C=O) groups is 1. The van der Waals surface area contributed by atoms with Gasteiger partial charge < -0.3 is 9.64 Å². The van der Waals surface area contributed by atoms with E-state index < -0.39 is 0 Å². The minimum atomic E-state index is -0.104. The van der Waals surface area contributed by atoms with Gasteiger partial charge in [-0.25, -0.2) is 0 Å². The predicted octanol–water partition coefficient (Wildman–Crippen LogP) is 1.42. The summed E-state index contributed by atoms with van der Waals surface area (Å²) in [7, 11) is 0. The van der Waals surface area contributed by atoms with Gasteiger partial charge in [0.2, 0.25) is 0 Å². The lowest BCUT2D eigenvalue weighted by Crippen LogP contribution is -2.41. The molecule has 0 aromatic carbocycles. The van der Waals surface area contributed by atoms with Gasteiger partial charge in [-0.15, -0.1) is 0 Å². The van der Waals surface area contributed by atoms with Crippen molar-refractivity contribution in [3.63, 3.8) is 0 Å². The van der Waals surface area contributed by atoms with Crippen molar-refractivity contribution in [2.45, 2.75) is 33.2 Å². The maximum Gasteiger partial charge on any atom is 0.257 e. The molecule has 1 aliphatic heterocycles. The molecule has 0 N–H and O–H groups in total. The Balaban J connectivity index is 2.23. The van der Waals surface area contributed by atoms with E-state index in [4.69, 9.17) is 4.74 Å². The van der Waals surface area contributed by atoms with E-state index in [2.05, 4.69) is 25.9 Å². The first kappa shape index (κ1) is 13.1. The second-order valence-electron chi connectivity index (χ2n) is 5.63. The number of nitrogens with zero attached hydrogens (tertiary/aromatic N) is 3. The summed E-state index contributed by atoms with van der Waals surface area (Å²) in [5.41, 5.74) is 1.53. The van der Waals surface area contributed by atoms with Crippen LogP contribution in [-0.2, 0) is 10.3 Å². The van der Waals surface area contributed by atoms with Gasteiger partial charge >= 0.3 is 0 Å². The van der Waals surface area contributed by atoms with Gasteiger partial charge in [0.25, 0.3) is 5.91 Å². The summed E-state index contributed by atoms with van der Waals surface area (Å²) in [6.07, 6.45) is 1.68. The molecule has 18 heavy (non-hydrogen) atoms. The largest absolute Gasteiger partial charge is 0.378 e. The van der Waals surface area contributed by atoms with Crippen LogP contribution in [0.3, 0.4) is 0 Å². The lowest BCUT2D eigenvalue weighted by molar-refractivity contribution is 0.0302. The average molecular weight is 251 g/mol. The van der Waals surface area contributed by atoms with Crippen LogP contribution in [0.4, 0.5) is 0 Å². The molecule has 0 unspecified atom stereocenters. The van der Waals surface area contributed by atoms with Crippen LogP contribution >= 0.6 is 0 Å². The molecule has 1 aromatic heterocycles. The zero-order chi connectivity index (χ0) is 13.3. The lowest BCUT2D eigenvalue weighted by atomic mass is 10.1. The molecule has 0 saturated carbocycles. The molecule has 0 radical (unpaired) electrons. The molecular weight excluding hydrogens is 230 g/mol. The van der Waals surface area contributed by atoms with Gasteiger partial charge in [-0.2, -0.15) is 5.10 Å². The molecule has 2 rings (SSSR count). The highest BCUT2D eigenvalue weighted by molar-refractivity contribution is 5.95. The molecular formula is C13H21N3O2. The molecule has 5 nitrogen and oxygen atoms in total. The third kappa shape index (κ3) is 2.41. The number of rotatable bonds is 1. The Bertz CT molecular complexity index is 440. The van der Waals surface area contributed by atoms with Crippen LogP contribution in [-0.4, -0.2) is 46.9 Å². The number of hydrogen-bond acceptors (Lipinski definition) is 3. The monoisotopic (exact) mass is 251 g/mol. The van der Waals surface area contributed by atoms with Crippen molar-refractivity contribution in [3.8, 4) is 0 Å². The quantitative estimate of drug-likeness (QED) is 0.758. The van der Waals surface area contributed by atoms with Gasteiger partial charge in [0.05, 0.1) is 30.5 Å². The van der Waals surface area contributed by atoms with Crippen LogP contribution in [0.5, 0.6) is 0 Å². The fourth-order valence-electron chi connectivity index (χ4n) is 2.23. The molecule has 5 heteroatoms. The summed E-state index contributed by atoms with van der Waals surface area (Å²) < 4.78 is 7.16. The van der Waals surface area contributed by atoms with E-state index in [0.717, 1.165) is 5.69 Å². The van der Waals surface area contributed by atoms with Gasteiger partial charge in [-0.3, -0.25) is 9.48 Å². The van der Waals surface area contributed by atoms with Gasteiger partial charge in [0.15, 0.2) is 0 Å². The predicted molar refractivity (Wildman–Crippen MR) is 68.7 cm³/mol. The first-order valence-corrected chi connectivity index (χ1v) is 6.33. The van der Waals surface area contributed by atoms with Gasteiger partial charge in [-0.1, -0.05) is 0 Å². The van der Waals surface area contributed by atoms with E-state index in [1.165, 1.54) is 0 Å². The second-order valence-corrected chi connectivity index (χ2v) is 5.63. The van der Waals surface area contributed by atoms with E-state index in [9.17, 15) is 4.79 Å². The fraction of sp³-hybridized carbons (Fsp3) is 0.692. The molecule has 1 amide bonds. The topological polar surface area (TPSA) is 47.4 Å². The van der Waals surface area contributed by atoms with E-state index in [-0.39, 0.29) is 11.4 Å². The number of carbonyl (C=O) groups excluding carboxylic acids is 1. The third-order valence-corrected chi connectivity index (χ3v) is 3.17. The highest BCUT2D eigenvalue weighted by atomic mass is 16.5. The molecule has 100 valence electrons. The molecule has 1 aromatic rings. The van der Waals surface area contributed by atoms with Crippen LogP contribution in [0.1, 0.15) is 36.8 Å². The Hall–Kier alpha value is -1.36. The lowest BCUT2D eigenvalue weighted by Gasteiger charge is -2.27. The molecule has 1 aliphatic rings. The first-order valence-electron chi connectivity index (χ1n) is 6.33. The fourth-order valence-corrected chi connectivity index (χ4v) is 2.23. The van der Waals surface area contributed by atoms with E-state index in [1.54, 1.807) is 6.20 Å². The Labute approximate surface area is 108 Å². The summed E-state index contributed by atoms with van der Waals surface area (Å²) in [5, 5.41) is 4.34. The number of amides is 1. The Morgan fingerprint density at radius 2 is 1.94 bits per heavy atom. The molecule has 2 heterocycles. The number of aromatic nitrogens is 2. The van der Waals surface area contributed by atoms with E-state index in [0.29, 0.717) is 31.9 Å². The summed E-state index contributed by atoms with van der Waals surface area (Å²) in [5.74, 6) is 0.0614. The van der Waals surface area contributed by atoms with Gasteiger partial charge in [0, 0.05) is 18.8 Å². The Kier molecular flexibility index (Phi) is 3.43. The summed E-state index contributed by atoms with van der Waals surface area (Å²) in [6, 6.07) is 0. The third-order valence-electron chi connectivity index (χ3n) is 3.17. The standard InChI is InChI=1S/C13H21N3O2/c1-10-11(9-14-16(10)13(2,3)4)12(17)15-5-7-18-8-6-15/h9H,5-8H2,1-4H3. The summed E-state index contributed by atoms with van der Waals surface area (Å²) >= 11 is 0. The van der Waals surface area contributed by atoms with Crippen LogP contribution < -0.4 is 0 Å². The zero-order valence-electron chi connectivity index (χ0n) is 11.6. The number of morpholine rings is 1. The Morgan fingerprint density at radius 1 is 1.33 bits per heavy atom. The van der Waals surface area contributed by atoms with Crippen molar-refractivity contribution in [1.29, 1.82) is 0 Å². The van der Waals surface area contributed by atoms with Crippen molar-refractivity contribution in [2.75, 3.05) is 26.3 Å². The van der Waals surface area contributed by atoms with Crippen LogP contribution in [0.15, 0.2) is 6.20 Å². The number of hydrogen-bond donors (Lipinski definition) is 0. The number of ether oxygens (including phenoxy) is 1. The minimum Gasteiger partial charge on any atom is -0.378 e. The van der Waals surface area contributed by atoms with Crippen LogP contribution in [0, 0.1) is 6.92 Å². The summed E-state index contributed by atoms with van der Waals surface area (Å²) in [6.45, 7) is 10.8. The highest BCUT2D eigenvalue weighted by Gasteiger charge is 2.25. The molecule has 0 spiro atoms. The zero-order valence-corrected chi connectivity index (χ0v) is 11.6. The Morgan fingerprint density at radius 3 is 2.44 bits per heavy atom. The van der Waals surface area contributed by atoms with E-state index >= 15 is 0 Å². The smallest absolute Gasteiger partial charge is 0.257 e. The van der Waals surface area contributed by atoms with Crippen LogP contribution in [0.2, 0.25) is 0 Å². The van der Waals surface area contributed by atoms with Crippen molar-refractivity contribution < 1.29 is 9.53 Å². The molecule has 0 bridgehead atoms. The molecule has 1 saturated heterocycles. The van der Waals surface area contributed by atoms with E-state index in [1.807, 2.05) is 16.5 Å². The molecule has 0 aliphatic carbocycles. The molecule has 0 atom stereocenters. The maximum atomic E-state index is 12.4. The van der Waals surface area contributed by atoms with Crippen molar-refractivity contribution in [3.05, 3.63) is 17.5 Å². The normalized spacial score (nSPS) is 17.0. The molecule has 1 fully saturated rings. The minimum absolute atomic E-state index is 0.0614. The van der Waals surface area contributed by atoms with Gasteiger partial charge in [0.1, 0.15) is 0 Å². The SMILES string of the molecule is Cc1c(C(=O)N2CCOCC2)cnn1C(C)(C)C. The van der Waals surface area contributed by atoms with Gasteiger partial charge in [-0.05, 0) is 27.7 Å².